The number of alkyl halides is 1. The lowest BCUT2D eigenvalue weighted by atomic mass is 9.97. The number of hydrogen-bond donors (Lipinski definition) is 0. The molecule has 0 saturated heterocycles. The molecule has 1 rings (SSSR count). The summed E-state index contributed by atoms with van der Waals surface area (Å²) in [5.41, 5.74) is 3.07. The molecule has 2 heteroatoms. The van der Waals surface area contributed by atoms with E-state index in [-0.39, 0.29) is 5.78 Å². The van der Waals surface area contributed by atoms with Crippen LogP contribution in [-0.2, 0) is 0 Å². The third kappa shape index (κ3) is 3.81. The zero-order chi connectivity index (χ0) is 13.0. The minimum Gasteiger partial charge on any atom is -0.294 e. The quantitative estimate of drug-likeness (QED) is 0.539. The summed E-state index contributed by atoms with van der Waals surface area (Å²) in [5.74, 6) is 0.0508. The topological polar surface area (TPSA) is 17.1 Å². The van der Waals surface area contributed by atoms with Crippen LogP contribution >= 0.6 is 0 Å². The van der Waals surface area contributed by atoms with E-state index in [1.807, 2.05) is 13.8 Å². The van der Waals surface area contributed by atoms with E-state index in [0.29, 0.717) is 24.0 Å². The van der Waals surface area contributed by atoms with Gasteiger partial charge in [-0.2, -0.15) is 0 Å². The summed E-state index contributed by atoms with van der Waals surface area (Å²) in [7, 11) is 0. The first kappa shape index (κ1) is 13.6. The van der Waals surface area contributed by atoms with E-state index in [1.165, 1.54) is 6.92 Å². The molecule has 0 fully saturated rings. The van der Waals surface area contributed by atoms with Gasteiger partial charge in [-0.15, -0.1) is 6.58 Å². The molecule has 0 radical (unpaired) electrons. The highest BCUT2D eigenvalue weighted by atomic mass is 19.1. The van der Waals surface area contributed by atoms with Gasteiger partial charge in [0.2, 0.25) is 0 Å². The maximum atomic E-state index is 13.3. The van der Waals surface area contributed by atoms with Crippen LogP contribution in [0.3, 0.4) is 0 Å². The molecule has 1 aromatic rings. The molecule has 1 aromatic carbocycles. The van der Waals surface area contributed by atoms with Crippen molar-refractivity contribution in [3.63, 3.8) is 0 Å². The predicted molar refractivity (Wildman–Crippen MR) is 69.1 cm³/mol. The fourth-order valence-electron chi connectivity index (χ4n) is 1.71. The molecule has 1 unspecified atom stereocenters. The standard InChI is InChI=1S/C15H19FO/c1-10(2)5-8-15(17)13-7-6-11(3)14(9-13)12(4)16/h6-7,9,12H,1,5,8H2,2-4H3. The Morgan fingerprint density at radius 1 is 1.41 bits per heavy atom. The molecule has 0 spiro atoms. The second-order valence-electron chi connectivity index (χ2n) is 4.57. The van der Waals surface area contributed by atoms with Crippen LogP contribution in [0.25, 0.3) is 0 Å². The van der Waals surface area contributed by atoms with E-state index >= 15 is 0 Å². The summed E-state index contributed by atoms with van der Waals surface area (Å²) in [5, 5.41) is 0. The van der Waals surface area contributed by atoms with Crippen LogP contribution in [0.15, 0.2) is 30.4 Å². The van der Waals surface area contributed by atoms with Gasteiger partial charge in [0.15, 0.2) is 5.78 Å². The minimum atomic E-state index is -1.04. The van der Waals surface area contributed by atoms with Crippen molar-refractivity contribution in [2.24, 2.45) is 0 Å². The average Bonchev–Trinajstić information content (AvgIpc) is 2.26. The summed E-state index contributed by atoms with van der Waals surface area (Å²) in [4.78, 5) is 11.9. The maximum absolute atomic E-state index is 13.3. The smallest absolute Gasteiger partial charge is 0.163 e. The Morgan fingerprint density at radius 3 is 2.59 bits per heavy atom. The van der Waals surface area contributed by atoms with Crippen LogP contribution in [-0.4, -0.2) is 5.78 Å². The van der Waals surface area contributed by atoms with E-state index < -0.39 is 6.17 Å². The van der Waals surface area contributed by atoms with Crippen LogP contribution in [0.4, 0.5) is 4.39 Å². The number of carbonyl (C=O) groups is 1. The molecule has 0 saturated carbocycles. The number of carbonyl (C=O) groups excluding carboxylic acids is 1. The SMILES string of the molecule is C=C(C)CCC(=O)c1ccc(C)c(C(C)F)c1. The molecular formula is C15H19FO. The number of Topliss-reactive ketones (excluding diaryl/α,β-unsaturated/α-hetero) is 1. The second kappa shape index (κ2) is 5.76. The van der Waals surface area contributed by atoms with Gasteiger partial charge in [0.05, 0.1) is 0 Å². The van der Waals surface area contributed by atoms with Crippen LogP contribution in [0.5, 0.6) is 0 Å². The summed E-state index contributed by atoms with van der Waals surface area (Å²) in [6, 6.07) is 5.24. The van der Waals surface area contributed by atoms with E-state index in [4.69, 9.17) is 0 Å². The second-order valence-corrected chi connectivity index (χ2v) is 4.57. The Balaban J connectivity index is 2.88. The van der Waals surface area contributed by atoms with Crippen molar-refractivity contribution < 1.29 is 9.18 Å². The summed E-state index contributed by atoms with van der Waals surface area (Å²) < 4.78 is 13.3. The summed E-state index contributed by atoms with van der Waals surface area (Å²) in [6.07, 6.45) is 0.0926. The number of ketones is 1. The van der Waals surface area contributed by atoms with E-state index in [2.05, 4.69) is 6.58 Å². The van der Waals surface area contributed by atoms with E-state index in [1.54, 1.807) is 18.2 Å². The number of aryl methyl sites for hydroxylation is 1. The predicted octanol–water partition coefficient (Wildman–Crippen LogP) is 4.56. The van der Waals surface area contributed by atoms with E-state index in [9.17, 15) is 9.18 Å². The van der Waals surface area contributed by atoms with Gasteiger partial charge >= 0.3 is 0 Å². The van der Waals surface area contributed by atoms with Crippen LogP contribution < -0.4 is 0 Å². The molecule has 92 valence electrons. The van der Waals surface area contributed by atoms with Crippen molar-refractivity contribution in [2.75, 3.05) is 0 Å². The molecule has 0 N–H and O–H groups in total. The van der Waals surface area contributed by atoms with Gasteiger partial charge in [-0.25, -0.2) is 4.39 Å². The zero-order valence-corrected chi connectivity index (χ0v) is 10.7. The molecule has 17 heavy (non-hydrogen) atoms. The molecule has 0 aliphatic carbocycles. The van der Waals surface area contributed by atoms with Crippen LogP contribution in [0.2, 0.25) is 0 Å². The highest BCUT2D eigenvalue weighted by molar-refractivity contribution is 5.96. The van der Waals surface area contributed by atoms with Crippen molar-refractivity contribution in [1.29, 1.82) is 0 Å². The third-order valence-electron chi connectivity index (χ3n) is 2.81. The Morgan fingerprint density at radius 2 is 2.06 bits per heavy atom. The number of rotatable bonds is 5. The Labute approximate surface area is 102 Å². The molecule has 0 aromatic heterocycles. The Hall–Kier alpha value is -1.44. The van der Waals surface area contributed by atoms with Gasteiger partial charge < -0.3 is 0 Å². The minimum absolute atomic E-state index is 0.0508. The average molecular weight is 234 g/mol. The van der Waals surface area contributed by atoms with Crippen molar-refractivity contribution >= 4 is 5.78 Å². The molecule has 1 nitrogen and oxygen atoms in total. The number of allylic oxidation sites excluding steroid dienone is 1. The third-order valence-corrected chi connectivity index (χ3v) is 2.81. The molecular weight excluding hydrogens is 215 g/mol. The molecule has 0 heterocycles. The summed E-state index contributed by atoms with van der Waals surface area (Å²) >= 11 is 0. The first-order valence-electron chi connectivity index (χ1n) is 5.84. The lowest BCUT2D eigenvalue weighted by Crippen LogP contribution is -2.02. The number of benzene rings is 1. The van der Waals surface area contributed by atoms with Gasteiger partial charge in [0.25, 0.3) is 0 Å². The van der Waals surface area contributed by atoms with Crippen LogP contribution in [0, 0.1) is 6.92 Å². The summed E-state index contributed by atoms with van der Waals surface area (Å²) in [6.45, 7) is 9.01. The van der Waals surface area contributed by atoms with Crippen molar-refractivity contribution in [3.05, 3.63) is 47.0 Å². The monoisotopic (exact) mass is 234 g/mol. The van der Waals surface area contributed by atoms with Crippen molar-refractivity contribution in [3.8, 4) is 0 Å². The Bertz CT molecular complexity index is 433. The van der Waals surface area contributed by atoms with Gasteiger partial charge in [-0.05, 0) is 44.4 Å². The molecule has 0 aliphatic rings. The number of hydrogen-bond acceptors (Lipinski definition) is 1. The fraction of sp³-hybridized carbons (Fsp3) is 0.400. The van der Waals surface area contributed by atoms with Crippen molar-refractivity contribution in [1.82, 2.24) is 0 Å². The first-order valence-corrected chi connectivity index (χ1v) is 5.84. The largest absolute Gasteiger partial charge is 0.294 e. The number of halogens is 1. The maximum Gasteiger partial charge on any atom is 0.163 e. The highest BCUT2D eigenvalue weighted by Gasteiger charge is 2.11. The van der Waals surface area contributed by atoms with E-state index in [0.717, 1.165) is 11.1 Å². The Kier molecular flexibility index (Phi) is 4.62. The first-order chi connectivity index (χ1) is 7.91. The molecule has 0 aliphatic heterocycles. The zero-order valence-electron chi connectivity index (χ0n) is 10.7. The highest BCUT2D eigenvalue weighted by Crippen LogP contribution is 2.22. The molecule has 0 amide bonds. The van der Waals surface area contributed by atoms with Gasteiger partial charge in [0, 0.05) is 12.0 Å². The normalized spacial score (nSPS) is 12.2. The van der Waals surface area contributed by atoms with Gasteiger partial charge in [-0.3, -0.25) is 4.79 Å². The van der Waals surface area contributed by atoms with Gasteiger partial charge in [-0.1, -0.05) is 17.7 Å². The molecule has 0 bridgehead atoms. The van der Waals surface area contributed by atoms with Crippen molar-refractivity contribution in [2.45, 2.75) is 39.8 Å². The molecule has 1 atom stereocenters. The van der Waals surface area contributed by atoms with Gasteiger partial charge in [0.1, 0.15) is 6.17 Å². The fourth-order valence-corrected chi connectivity index (χ4v) is 1.71. The lowest BCUT2D eigenvalue weighted by Gasteiger charge is -2.09. The lowest BCUT2D eigenvalue weighted by molar-refractivity contribution is 0.0982. The van der Waals surface area contributed by atoms with Crippen LogP contribution in [0.1, 0.15) is 54.3 Å².